The summed E-state index contributed by atoms with van der Waals surface area (Å²) in [4.78, 5) is 31.2. The number of benzene rings is 1. The fraction of sp³-hybridized carbons (Fsp3) is 0.450. The number of likely N-dealkylation sites (N-methyl/N-ethyl adjacent to an activating group) is 1. The molecule has 0 aliphatic carbocycles. The van der Waals surface area contributed by atoms with Crippen LogP contribution in [0.3, 0.4) is 0 Å². The Balaban J connectivity index is 1.51. The number of amides is 3. The number of piperidine rings is 1. The highest BCUT2D eigenvalue weighted by molar-refractivity contribution is 6.06. The summed E-state index contributed by atoms with van der Waals surface area (Å²) in [6.07, 6.45) is 5.22. The number of carbonyl (C=O) groups excluding carboxylic acids is 2. The van der Waals surface area contributed by atoms with Crippen LogP contribution in [0.15, 0.2) is 42.7 Å². The van der Waals surface area contributed by atoms with Crippen molar-refractivity contribution in [2.45, 2.75) is 31.5 Å². The molecule has 0 unspecified atom stereocenters. The maximum absolute atomic E-state index is 13.0. The van der Waals surface area contributed by atoms with Crippen molar-refractivity contribution in [2.75, 3.05) is 20.1 Å². The van der Waals surface area contributed by atoms with Gasteiger partial charge in [-0.25, -0.2) is 4.79 Å². The number of nitrogens with zero attached hydrogens (tertiary/aromatic N) is 5. The summed E-state index contributed by atoms with van der Waals surface area (Å²) in [5, 5.41) is 4.22. The van der Waals surface area contributed by atoms with E-state index in [-0.39, 0.29) is 11.9 Å². The van der Waals surface area contributed by atoms with Crippen LogP contribution in [0, 0.1) is 0 Å². The predicted octanol–water partition coefficient (Wildman–Crippen LogP) is 1.85. The van der Waals surface area contributed by atoms with Gasteiger partial charge in [0.1, 0.15) is 5.54 Å². The summed E-state index contributed by atoms with van der Waals surface area (Å²) < 4.78 is 1.80. The fourth-order valence-corrected chi connectivity index (χ4v) is 4.24. The van der Waals surface area contributed by atoms with Crippen molar-refractivity contribution in [3.8, 4) is 0 Å². The maximum Gasteiger partial charge on any atom is 0.327 e. The zero-order valence-electron chi connectivity index (χ0n) is 15.8. The Morgan fingerprint density at radius 2 is 1.70 bits per heavy atom. The Morgan fingerprint density at radius 1 is 1.00 bits per heavy atom. The molecule has 2 aliphatic heterocycles. The van der Waals surface area contributed by atoms with Crippen molar-refractivity contribution in [1.82, 2.24) is 24.5 Å². The summed E-state index contributed by atoms with van der Waals surface area (Å²) in [5.74, 6) is -0.0653. The minimum atomic E-state index is -0.715. The number of rotatable bonds is 4. The smallest absolute Gasteiger partial charge is 0.305 e. The number of likely N-dealkylation sites (tertiary alicyclic amines) is 1. The molecule has 0 saturated carbocycles. The number of hydrogen-bond acceptors (Lipinski definition) is 4. The normalized spacial score (nSPS) is 20.1. The molecule has 2 fully saturated rings. The van der Waals surface area contributed by atoms with Crippen LogP contribution in [0.5, 0.6) is 0 Å². The van der Waals surface area contributed by atoms with Gasteiger partial charge in [0.05, 0.1) is 6.20 Å². The quantitative estimate of drug-likeness (QED) is 0.774. The Kier molecular flexibility index (Phi) is 4.47. The Labute approximate surface area is 159 Å². The molecule has 7 nitrogen and oxygen atoms in total. The second-order valence-electron chi connectivity index (χ2n) is 7.55. The van der Waals surface area contributed by atoms with Gasteiger partial charge in [0.2, 0.25) is 0 Å². The van der Waals surface area contributed by atoms with Gasteiger partial charge in [0.25, 0.3) is 5.91 Å². The molecular formula is C20H25N5O2. The van der Waals surface area contributed by atoms with Crippen LogP contribution in [0.25, 0.3) is 0 Å². The van der Waals surface area contributed by atoms with E-state index in [0.29, 0.717) is 19.4 Å². The fourth-order valence-electron chi connectivity index (χ4n) is 4.24. The zero-order valence-corrected chi connectivity index (χ0v) is 15.8. The van der Waals surface area contributed by atoms with E-state index in [2.05, 4.69) is 10.00 Å². The lowest BCUT2D eigenvalue weighted by molar-refractivity contribution is -0.135. The predicted molar refractivity (Wildman–Crippen MR) is 101 cm³/mol. The van der Waals surface area contributed by atoms with E-state index in [9.17, 15) is 9.59 Å². The van der Waals surface area contributed by atoms with E-state index in [4.69, 9.17) is 0 Å². The first kappa shape index (κ1) is 17.7. The average molecular weight is 367 g/mol. The molecule has 2 saturated heterocycles. The summed E-state index contributed by atoms with van der Waals surface area (Å²) in [7, 11) is 3.51. The number of imide groups is 1. The van der Waals surface area contributed by atoms with E-state index in [0.717, 1.165) is 25.2 Å². The molecule has 4 rings (SSSR count). The number of urea groups is 1. The minimum absolute atomic E-state index is 0.0653. The first-order chi connectivity index (χ1) is 13.0. The van der Waals surface area contributed by atoms with E-state index in [1.165, 1.54) is 10.5 Å². The lowest BCUT2D eigenvalue weighted by Gasteiger charge is -2.42. The number of aryl methyl sites for hydroxylation is 1. The second kappa shape index (κ2) is 6.81. The first-order valence-electron chi connectivity index (χ1n) is 9.33. The zero-order chi connectivity index (χ0) is 19.0. The lowest BCUT2D eigenvalue weighted by Crippen LogP contribution is -2.56. The Bertz CT molecular complexity index is 839. The van der Waals surface area contributed by atoms with Gasteiger partial charge >= 0.3 is 6.03 Å². The Hall–Kier alpha value is -2.67. The third-order valence-corrected chi connectivity index (χ3v) is 5.77. The van der Waals surface area contributed by atoms with Gasteiger partial charge in [-0.1, -0.05) is 30.3 Å². The van der Waals surface area contributed by atoms with E-state index in [1.54, 1.807) is 16.6 Å². The van der Waals surface area contributed by atoms with Crippen LogP contribution in [0.2, 0.25) is 0 Å². The summed E-state index contributed by atoms with van der Waals surface area (Å²) in [5.41, 5.74) is 1.50. The summed E-state index contributed by atoms with van der Waals surface area (Å²) in [6, 6.07) is 9.70. The minimum Gasteiger partial charge on any atom is -0.305 e. The van der Waals surface area contributed by atoms with Crippen molar-refractivity contribution in [3.63, 3.8) is 0 Å². The molecule has 0 N–H and O–H groups in total. The van der Waals surface area contributed by atoms with Gasteiger partial charge in [-0.05, 0) is 18.4 Å². The molecule has 1 aromatic carbocycles. The molecule has 0 radical (unpaired) electrons. The highest BCUT2D eigenvalue weighted by atomic mass is 16.2. The van der Waals surface area contributed by atoms with Crippen LogP contribution >= 0.6 is 0 Å². The molecule has 0 atom stereocenters. The molecule has 0 bridgehead atoms. The number of aromatic nitrogens is 2. The van der Waals surface area contributed by atoms with E-state index in [1.807, 2.05) is 49.8 Å². The van der Waals surface area contributed by atoms with Crippen molar-refractivity contribution in [3.05, 3.63) is 53.9 Å². The molecule has 2 aliphatic rings. The number of carbonyl (C=O) groups is 2. The van der Waals surface area contributed by atoms with Crippen LogP contribution in [0.1, 0.15) is 24.0 Å². The maximum atomic E-state index is 13.0. The van der Waals surface area contributed by atoms with Crippen molar-refractivity contribution < 1.29 is 9.59 Å². The van der Waals surface area contributed by atoms with Crippen LogP contribution < -0.4 is 0 Å². The van der Waals surface area contributed by atoms with E-state index < -0.39 is 5.54 Å². The van der Waals surface area contributed by atoms with E-state index >= 15 is 0 Å². The highest BCUT2D eigenvalue weighted by Crippen LogP contribution is 2.38. The molecule has 1 aromatic heterocycles. The molecular weight excluding hydrogens is 342 g/mol. The average Bonchev–Trinajstić information content (AvgIpc) is 3.16. The van der Waals surface area contributed by atoms with Crippen molar-refractivity contribution in [1.29, 1.82) is 0 Å². The van der Waals surface area contributed by atoms with Crippen LogP contribution in [-0.2, 0) is 24.9 Å². The topological polar surface area (TPSA) is 61.7 Å². The van der Waals surface area contributed by atoms with Gasteiger partial charge in [0.15, 0.2) is 0 Å². The first-order valence-corrected chi connectivity index (χ1v) is 9.33. The largest absolute Gasteiger partial charge is 0.327 e. The van der Waals surface area contributed by atoms with Gasteiger partial charge < -0.3 is 4.90 Å². The highest BCUT2D eigenvalue weighted by Gasteiger charge is 2.56. The van der Waals surface area contributed by atoms with Gasteiger partial charge in [-0.15, -0.1) is 0 Å². The SMILES string of the molecule is CN1C(=O)N(Cc2ccccc2)C2(CCN(Cc3cnn(C)c3)CC2)C1=O. The monoisotopic (exact) mass is 367 g/mol. The van der Waals surface area contributed by atoms with Gasteiger partial charge in [-0.2, -0.15) is 5.10 Å². The number of hydrogen-bond donors (Lipinski definition) is 0. The van der Waals surface area contributed by atoms with Crippen LogP contribution in [0.4, 0.5) is 4.79 Å². The van der Waals surface area contributed by atoms with Crippen molar-refractivity contribution in [2.24, 2.45) is 7.05 Å². The van der Waals surface area contributed by atoms with Gasteiger partial charge in [0, 0.05) is 52.0 Å². The van der Waals surface area contributed by atoms with Crippen molar-refractivity contribution >= 4 is 11.9 Å². The molecule has 1 spiro atoms. The molecule has 3 heterocycles. The molecule has 7 heteroatoms. The summed E-state index contributed by atoms with van der Waals surface area (Å²) >= 11 is 0. The summed E-state index contributed by atoms with van der Waals surface area (Å²) in [6.45, 7) is 2.86. The standard InChI is InChI=1S/C20H25N5O2/c1-22-13-17(12-21-22)14-24-10-8-20(9-11-24)18(26)23(2)19(27)25(20)15-16-6-4-3-5-7-16/h3-7,12-13H,8-11,14-15H2,1-2H3. The van der Waals surface area contributed by atoms with Crippen LogP contribution in [-0.4, -0.2) is 62.1 Å². The third kappa shape index (κ3) is 3.12. The molecule has 142 valence electrons. The molecule has 2 aromatic rings. The second-order valence-corrected chi connectivity index (χ2v) is 7.55. The van der Waals surface area contributed by atoms with Gasteiger partial charge in [-0.3, -0.25) is 19.3 Å². The molecule has 3 amide bonds. The molecule has 27 heavy (non-hydrogen) atoms. The Morgan fingerprint density at radius 3 is 2.33 bits per heavy atom. The lowest BCUT2D eigenvalue weighted by atomic mass is 9.85. The third-order valence-electron chi connectivity index (χ3n) is 5.77.